The highest BCUT2D eigenvalue weighted by atomic mass is 32.1. The molecule has 0 radical (unpaired) electrons. The highest BCUT2D eigenvalue weighted by Gasteiger charge is 2.36. The minimum absolute atomic E-state index is 0.00295. The van der Waals surface area contributed by atoms with Gasteiger partial charge in [-0.3, -0.25) is 14.2 Å². The Labute approximate surface area is 247 Å². The first-order valence-electron chi connectivity index (χ1n) is 13.8. The molecule has 0 aliphatic heterocycles. The summed E-state index contributed by atoms with van der Waals surface area (Å²) in [6.07, 6.45) is 3.55. The molecule has 0 fully saturated rings. The summed E-state index contributed by atoms with van der Waals surface area (Å²) in [6, 6.07) is 11.0. The summed E-state index contributed by atoms with van der Waals surface area (Å²) in [5, 5.41) is 17.4. The van der Waals surface area contributed by atoms with Crippen LogP contribution < -0.4 is 21.3 Å². The maximum Gasteiger partial charge on any atom is 0.333 e. The van der Waals surface area contributed by atoms with Crippen LogP contribution in [0.5, 0.6) is 5.75 Å². The molecule has 3 aromatic heterocycles. The number of aromatic nitrogens is 4. The lowest BCUT2D eigenvalue weighted by Gasteiger charge is -2.29. The van der Waals surface area contributed by atoms with E-state index in [0.29, 0.717) is 38.5 Å². The van der Waals surface area contributed by atoms with Gasteiger partial charge < -0.3 is 14.8 Å². The maximum absolute atomic E-state index is 14.4. The second-order valence-corrected chi connectivity index (χ2v) is 11.5. The Morgan fingerprint density at radius 1 is 1.24 bits per heavy atom. The van der Waals surface area contributed by atoms with Crippen molar-refractivity contribution in [1.82, 2.24) is 24.2 Å². The van der Waals surface area contributed by atoms with Gasteiger partial charge in [0.2, 0.25) is 5.91 Å². The van der Waals surface area contributed by atoms with E-state index >= 15 is 0 Å². The zero-order valence-corrected chi connectivity index (χ0v) is 25.5. The molecule has 1 amide bonds. The van der Waals surface area contributed by atoms with Gasteiger partial charge in [0.05, 0.1) is 38.1 Å². The van der Waals surface area contributed by atoms with Crippen molar-refractivity contribution in [1.29, 1.82) is 5.26 Å². The van der Waals surface area contributed by atoms with Crippen LogP contribution >= 0.6 is 11.3 Å². The second-order valence-electron chi connectivity index (χ2n) is 10.5. The molecule has 0 saturated heterocycles. The van der Waals surface area contributed by atoms with Gasteiger partial charge in [-0.25, -0.2) is 14.0 Å². The number of aryl methyl sites for hydroxylation is 1. The number of fused-ring (bicyclic) bond motifs is 1. The van der Waals surface area contributed by atoms with Crippen LogP contribution in [-0.2, 0) is 21.6 Å². The Kier molecular flexibility index (Phi) is 9.33. The van der Waals surface area contributed by atoms with Gasteiger partial charge in [-0.15, -0.1) is 0 Å². The largest absolute Gasteiger partial charge is 0.496 e. The predicted molar refractivity (Wildman–Crippen MR) is 161 cm³/mol. The Morgan fingerprint density at radius 2 is 1.98 bits per heavy atom. The first kappa shape index (κ1) is 30.7. The quantitative estimate of drug-likeness (QED) is 0.245. The number of nitrogens with zero attached hydrogens (tertiary/aromatic N) is 5. The smallest absolute Gasteiger partial charge is 0.333 e. The molecule has 11 nitrogen and oxygen atoms in total. The second kappa shape index (κ2) is 12.8. The minimum atomic E-state index is -1.50. The maximum atomic E-state index is 14.4. The summed E-state index contributed by atoms with van der Waals surface area (Å²) in [4.78, 5) is 42.4. The third-order valence-electron chi connectivity index (χ3n) is 7.37. The number of amides is 1. The molecule has 3 heterocycles. The molecular weight excluding hydrogens is 556 g/mol. The Hall–Kier alpha value is -4.21. The van der Waals surface area contributed by atoms with Crippen LogP contribution in [0.25, 0.3) is 15.2 Å². The Bertz CT molecular complexity index is 1730. The van der Waals surface area contributed by atoms with Crippen molar-refractivity contribution >= 4 is 27.5 Å². The lowest BCUT2D eigenvalue weighted by molar-refractivity contribution is -0.129. The van der Waals surface area contributed by atoms with Gasteiger partial charge in [0, 0.05) is 29.6 Å². The molecule has 2 atom stereocenters. The van der Waals surface area contributed by atoms with E-state index in [9.17, 15) is 14.4 Å². The molecule has 0 aliphatic rings. The van der Waals surface area contributed by atoms with Crippen molar-refractivity contribution in [3.8, 4) is 16.8 Å². The van der Waals surface area contributed by atoms with Gasteiger partial charge in [-0.05, 0) is 46.2 Å². The van der Waals surface area contributed by atoms with E-state index in [1.165, 1.54) is 15.9 Å². The number of carbonyl (C=O) groups excluding carboxylic acids is 1. The molecule has 4 rings (SSSR count). The van der Waals surface area contributed by atoms with E-state index in [0.717, 1.165) is 4.57 Å². The van der Waals surface area contributed by atoms with Crippen molar-refractivity contribution in [2.45, 2.75) is 71.7 Å². The number of nitriles is 1. The predicted octanol–water partition coefficient (Wildman–Crippen LogP) is 4.05. The number of methoxy groups -OCH3 is 1. The van der Waals surface area contributed by atoms with E-state index in [1.54, 1.807) is 50.2 Å². The van der Waals surface area contributed by atoms with Crippen molar-refractivity contribution in [2.24, 2.45) is 0 Å². The number of para-hydroxylation sites is 1. The number of thiophene rings is 1. The number of benzene rings is 1. The average molecular weight is 593 g/mol. The van der Waals surface area contributed by atoms with E-state index < -0.39 is 28.8 Å². The Balaban J connectivity index is 2.00. The topological polar surface area (TPSA) is 133 Å². The van der Waals surface area contributed by atoms with Crippen LogP contribution in [0.1, 0.15) is 57.8 Å². The van der Waals surface area contributed by atoms with E-state index in [-0.39, 0.29) is 25.6 Å². The van der Waals surface area contributed by atoms with Gasteiger partial charge in [0.25, 0.3) is 5.56 Å². The normalized spacial score (nSPS) is 13.1. The number of hydrogen-bond donors (Lipinski definition) is 1. The fourth-order valence-corrected chi connectivity index (χ4v) is 6.03. The monoisotopic (exact) mass is 592 g/mol. The lowest BCUT2D eigenvalue weighted by atomic mass is 10.0. The molecule has 1 unspecified atom stereocenters. The lowest BCUT2D eigenvalue weighted by Crippen LogP contribution is -2.57. The summed E-state index contributed by atoms with van der Waals surface area (Å²) in [5.74, 6) is 0.124. The van der Waals surface area contributed by atoms with Gasteiger partial charge in [0.15, 0.2) is 0 Å². The van der Waals surface area contributed by atoms with E-state index in [1.807, 2.05) is 39.0 Å². The van der Waals surface area contributed by atoms with Crippen LogP contribution in [0.3, 0.4) is 0 Å². The summed E-state index contributed by atoms with van der Waals surface area (Å²) in [7, 11) is 1.55. The number of rotatable bonds is 12. The van der Waals surface area contributed by atoms with Crippen LogP contribution in [0, 0.1) is 18.3 Å². The number of hydrogen-bond acceptors (Lipinski definition) is 8. The van der Waals surface area contributed by atoms with Crippen LogP contribution in [0.4, 0.5) is 0 Å². The van der Waals surface area contributed by atoms with Gasteiger partial charge >= 0.3 is 5.69 Å². The molecule has 12 heteroatoms. The summed E-state index contributed by atoms with van der Waals surface area (Å²) in [5.41, 5.74) is -1.38. The molecule has 0 bridgehead atoms. The third kappa shape index (κ3) is 5.75. The highest BCUT2D eigenvalue weighted by molar-refractivity contribution is 7.21. The summed E-state index contributed by atoms with van der Waals surface area (Å²) >= 11 is 1.26. The highest BCUT2D eigenvalue weighted by Crippen LogP contribution is 2.34. The molecule has 1 N–H and O–H groups in total. The minimum Gasteiger partial charge on any atom is -0.496 e. The molecule has 222 valence electrons. The van der Waals surface area contributed by atoms with Crippen LogP contribution in [-0.4, -0.2) is 44.6 Å². The summed E-state index contributed by atoms with van der Waals surface area (Å²) < 4.78 is 15.9. The fourth-order valence-electron chi connectivity index (χ4n) is 4.79. The molecule has 1 aromatic carbocycles. The van der Waals surface area contributed by atoms with Crippen molar-refractivity contribution < 1.29 is 14.3 Å². The average Bonchev–Trinajstić information content (AvgIpc) is 3.62. The van der Waals surface area contributed by atoms with E-state index in [2.05, 4.69) is 16.5 Å². The first-order chi connectivity index (χ1) is 20.1. The number of nitrogens with one attached hydrogen (secondary N) is 1. The van der Waals surface area contributed by atoms with Crippen LogP contribution in [0.15, 0.2) is 52.3 Å². The van der Waals surface area contributed by atoms with Gasteiger partial charge in [-0.2, -0.15) is 10.4 Å². The number of carbonyl (C=O) groups is 1. The number of ether oxygens (including phenoxy) is 2. The molecule has 0 saturated carbocycles. The molecule has 42 heavy (non-hydrogen) atoms. The summed E-state index contributed by atoms with van der Waals surface area (Å²) in [6.45, 7) is 8.89. The SMILES string of the molecule is CCC(C)NC(=O)C(C)(C)n1c(=O)c2c(C)c(-n3cccn3)sc2n(C[C@H](OCCC#N)c2ccccc2OC)c1=O. The van der Waals surface area contributed by atoms with Crippen molar-refractivity contribution in [3.63, 3.8) is 0 Å². The van der Waals surface area contributed by atoms with Crippen molar-refractivity contribution in [2.75, 3.05) is 13.7 Å². The molecular formula is C30H36N6O5S. The molecule has 4 aromatic rings. The Morgan fingerprint density at radius 3 is 2.62 bits per heavy atom. The van der Waals surface area contributed by atoms with Crippen LogP contribution in [0.2, 0.25) is 0 Å². The first-order valence-corrected chi connectivity index (χ1v) is 14.6. The standard InChI is InChI=1S/C30H36N6O5S/c1-7-19(2)33-28(38)30(4,5)36-25(37)24-20(3)26(35-16-11-15-32-35)42-27(24)34(29(36)39)18-23(41-17-10-14-31)21-12-8-9-13-22(21)40-6/h8-9,11-13,15-16,19,23H,7,10,17-18H2,1-6H3,(H,33,38)/t19?,23-/m0/s1. The molecule has 0 spiro atoms. The zero-order valence-electron chi connectivity index (χ0n) is 24.7. The molecule has 0 aliphatic carbocycles. The van der Waals surface area contributed by atoms with E-state index in [4.69, 9.17) is 14.7 Å². The zero-order chi connectivity index (χ0) is 30.6. The van der Waals surface area contributed by atoms with Crippen molar-refractivity contribution in [3.05, 3.63) is 74.7 Å². The fraction of sp³-hybridized carbons (Fsp3) is 0.433. The third-order valence-corrected chi connectivity index (χ3v) is 8.68. The van der Waals surface area contributed by atoms with Gasteiger partial charge in [0.1, 0.15) is 27.2 Å². The van der Waals surface area contributed by atoms with Gasteiger partial charge in [-0.1, -0.05) is 36.5 Å².